The molecule has 0 bridgehead atoms. The first kappa shape index (κ1) is 24.8. The number of fused-ring (bicyclic) bond motifs is 2. The molecule has 0 amide bonds. The molecule has 38 heavy (non-hydrogen) atoms. The minimum Gasteiger partial charge on any atom is -0.299 e. The van der Waals surface area contributed by atoms with E-state index in [-0.39, 0.29) is 0 Å². The second kappa shape index (κ2) is 11.1. The van der Waals surface area contributed by atoms with Crippen molar-refractivity contribution in [3.05, 3.63) is 112 Å². The molecule has 1 aliphatic carbocycles. The van der Waals surface area contributed by atoms with Gasteiger partial charge in [-0.2, -0.15) is 5.26 Å². The minimum atomic E-state index is 0.296. The zero-order chi connectivity index (χ0) is 25.9. The van der Waals surface area contributed by atoms with Crippen molar-refractivity contribution in [2.24, 2.45) is 5.92 Å². The summed E-state index contributed by atoms with van der Waals surface area (Å²) in [6.07, 6.45) is 4.96. The van der Waals surface area contributed by atoms with Crippen LogP contribution in [0, 0.1) is 17.2 Å². The molecule has 0 spiro atoms. The Morgan fingerprint density at radius 3 is 2.37 bits per heavy atom. The maximum Gasteiger partial charge on any atom is 0.163 e. The molecule has 192 valence electrons. The summed E-state index contributed by atoms with van der Waals surface area (Å²) in [6, 6.07) is 27.3. The van der Waals surface area contributed by atoms with Crippen molar-refractivity contribution in [2.75, 3.05) is 26.2 Å². The normalized spacial score (nSPS) is 18.2. The number of rotatable bonds is 7. The first-order valence-electron chi connectivity index (χ1n) is 14.0. The molecule has 0 aromatic heterocycles. The fourth-order valence-corrected chi connectivity index (χ4v) is 6.39. The zero-order valence-electron chi connectivity index (χ0n) is 22.0. The number of Topliss-reactive ketones (excluding diaryl/α,β-unsaturated/α-hetero) is 1. The van der Waals surface area contributed by atoms with Gasteiger partial charge in [0, 0.05) is 38.2 Å². The lowest BCUT2D eigenvalue weighted by Crippen LogP contribution is -2.33. The molecule has 3 aromatic rings. The van der Waals surface area contributed by atoms with E-state index in [0.717, 1.165) is 70.5 Å². The molecule has 1 fully saturated rings. The van der Waals surface area contributed by atoms with Crippen LogP contribution < -0.4 is 0 Å². The number of nitrogens with zero attached hydrogens (tertiary/aromatic N) is 3. The van der Waals surface area contributed by atoms with E-state index in [1.807, 2.05) is 12.1 Å². The van der Waals surface area contributed by atoms with Gasteiger partial charge >= 0.3 is 0 Å². The number of ketones is 1. The molecule has 0 atom stereocenters. The summed E-state index contributed by atoms with van der Waals surface area (Å²) >= 11 is 0. The van der Waals surface area contributed by atoms with Crippen molar-refractivity contribution in [1.82, 2.24) is 9.80 Å². The second-order valence-corrected chi connectivity index (χ2v) is 11.2. The van der Waals surface area contributed by atoms with Crippen molar-refractivity contribution >= 4 is 11.4 Å². The standard InChI is InChI=1S/C34H35N3O/c35-21-26-6-8-28(9-7-26)22-36-15-12-25(13-16-36)18-34(38)31-11-10-29-19-30-14-17-37(24-33(30)32(29)20-31)23-27-4-2-1-3-5-27/h1-11,20,25H,12-19,22-24H2. The van der Waals surface area contributed by atoms with Crippen LogP contribution in [0.2, 0.25) is 0 Å². The Balaban J connectivity index is 1.05. The van der Waals surface area contributed by atoms with Crippen molar-refractivity contribution in [1.29, 1.82) is 5.26 Å². The third-order valence-corrected chi connectivity index (χ3v) is 8.62. The fraction of sp³-hybridized carbons (Fsp3) is 0.353. The summed E-state index contributed by atoms with van der Waals surface area (Å²) in [7, 11) is 0. The number of piperidine rings is 1. The minimum absolute atomic E-state index is 0.296. The van der Waals surface area contributed by atoms with Crippen LogP contribution in [0.1, 0.15) is 63.9 Å². The number of likely N-dealkylation sites (tertiary alicyclic amines) is 1. The third kappa shape index (κ3) is 5.50. The van der Waals surface area contributed by atoms with Gasteiger partial charge in [-0.05, 0) is 90.7 Å². The number of carbonyl (C=O) groups is 1. The highest BCUT2D eigenvalue weighted by molar-refractivity contribution is 5.97. The van der Waals surface area contributed by atoms with Crippen LogP contribution in [-0.4, -0.2) is 41.8 Å². The SMILES string of the molecule is N#Cc1ccc(CN2CCC(CC(=O)c3ccc4c(c3)C3=C(CCN(Cc5ccccc5)C3)C4)CC2)cc1. The maximum absolute atomic E-state index is 13.3. The van der Waals surface area contributed by atoms with Gasteiger partial charge in [0.1, 0.15) is 0 Å². The molecule has 6 rings (SSSR count). The summed E-state index contributed by atoms with van der Waals surface area (Å²) in [5.74, 6) is 0.753. The van der Waals surface area contributed by atoms with Crippen LogP contribution in [-0.2, 0) is 19.5 Å². The molecule has 0 saturated carbocycles. The van der Waals surface area contributed by atoms with Gasteiger partial charge in [0.2, 0.25) is 0 Å². The number of benzene rings is 3. The van der Waals surface area contributed by atoms with E-state index >= 15 is 0 Å². The molecular weight excluding hydrogens is 466 g/mol. The third-order valence-electron chi connectivity index (χ3n) is 8.62. The monoisotopic (exact) mass is 501 g/mol. The zero-order valence-corrected chi connectivity index (χ0v) is 22.0. The molecule has 3 aromatic carbocycles. The van der Waals surface area contributed by atoms with Crippen molar-refractivity contribution in [2.45, 2.75) is 45.2 Å². The van der Waals surface area contributed by atoms with Crippen LogP contribution >= 0.6 is 0 Å². The molecule has 2 aliphatic heterocycles. The molecule has 4 nitrogen and oxygen atoms in total. The average molecular weight is 502 g/mol. The Labute approximate surface area is 226 Å². The Bertz CT molecular complexity index is 1380. The van der Waals surface area contributed by atoms with Gasteiger partial charge in [-0.1, -0.05) is 60.2 Å². The predicted molar refractivity (Wildman–Crippen MR) is 152 cm³/mol. The Morgan fingerprint density at radius 1 is 0.868 bits per heavy atom. The topological polar surface area (TPSA) is 47.3 Å². The van der Waals surface area contributed by atoms with Crippen LogP contribution in [0.15, 0.2) is 78.4 Å². The molecule has 1 saturated heterocycles. The fourth-order valence-electron chi connectivity index (χ4n) is 6.39. The van der Waals surface area contributed by atoms with Gasteiger partial charge < -0.3 is 0 Å². The average Bonchev–Trinajstić information content (AvgIpc) is 3.32. The van der Waals surface area contributed by atoms with Crippen LogP contribution in [0.25, 0.3) is 5.57 Å². The molecule has 0 unspecified atom stereocenters. The van der Waals surface area contributed by atoms with Crippen molar-refractivity contribution in [3.8, 4) is 6.07 Å². The molecule has 2 heterocycles. The second-order valence-electron chi connectivity index (χ2n) is 11.2. The van der Waals surface area contributed by atoms with Crippen molar-refractivity contribution < 1.29 is 4.79 Å². The van der Waals surface area contributed by atoms with Crippen LogP contribution in [0.4, 0.5) is 0 Å². The highest BCUT2D eigenvalue weighted by atomic mass is 16.1. The Morgan fingerprint density at radius 2 is 1.61 bits per heavy atom. The highest BCUT2D eigenvalue weighted by Crippen LogP contribution is 2.39. The largest absolute Gasteiger partial charge is 0.299 e. The van der Waals surface area contributed by atoms with Gasteiger partial charge in [0.15, 0.2) is 5.78 Å². The summed E-state index contributed by atoms with van der Waals surface area (Å²) in [5, 5.41) is 9.00. The van der Waals surface area contributed by atoms with E-state index < -0.39 is 0 Å². The molecule has 0 N–H and O–H groups in total. The Hall–Kier alpha value is -3.52. The number of hydrogen-bond acceptors (Lipinski definition) is 4. The summed E-state index contributed by atoms with van der Waals surface area (Å²) in [5.41, 5.74) is 9.95. The molecule has 3 aliphatic rings. The lowest BCUT2D eigenvalue weighted by Gasteiger charge is -2.31. The molecule has 4 heteroatoms. The molecule has 0 radical (unpaired) electrons. The van der Waals surface area contributed by atoms with Gasteiger partial charge in [-0.3, -0.25) is 14.6 Å². The summed E-state index contributed by atoms with van der Waals surface area (Å²) in [6.45, 7) is 6.03. The summed E-state index contributed by atoms with van der Waals surface area (Å²) < 4.78 is 0. The quantitative estimate of drug-likeness (QED) is 0.359. The number of hydrogen-bond donors (Lipinski definition) is 0. The highest BCUT2D eigenvalue weighted by Gasteiger charge is 2.28. The van der Waals surface area contributed by atoms with Crippen LogP contribution in [0.5, 0.6) is 0 Å². The van der Waals surface area contributed by atoms with Gasteiger partial charge in [-0.15, -0.1) is 0 Å². The van der Waals surface area contributed by atoms with E-state index in [9.17, 15) is 4.79 Å². The smallest absolute Gasteiger partial charge is 0.163 e. The first-order chi connectivity index (χ1) is 18.6. The predicted octanol–water partition coefficient (Wildman–Crippen LogP) is 6.26. The van der Waals surface area contributed by atoms with E-state index in [2.05, 4.69) is 76.5 Å². The lowest BCUT2D eigenvalue weighted by atomic mass is 9.88. The van der Waals surface area contributed by atoms with E-state index in [1.54, 1.807) is 5.57 Å². The Kier molecular flexibility index (Phi) is 7.22. The summed E-state index contributed by atoms with van der Waals surface area (Å²) in [4.78, 5) is 18.4. The maximum atomic E-state index is 13.3. The van der Waals surface area contributed by atoms with Crippen molar-refractivity contribution in [3.63, 3.8) is 0 Å². The van der Waals surface area contributed by atoms with Crippen LogP contribution in [0.3, 0.4) is 0 Å². The molecular formula is C34H35N3O. The number of carbonyl (C=O) groups excluding carboxylic acids is 1. The van der Waals surface area contributed by atoms with Gasteiger partial charge in [0.25, 0.3) is 0 Å². The lowest BCUT2D eigenvalue weighted by molar-refractivity contribution is 0.0925. The van der Waals surface area contributed by atoms with E-state index in [1.165, 1.54) is 27.8 Å². The van der Waals surface area contributed by atoms with Gasteiger partial charge in [0.05, 0.1) is 11.6 Å². The van der Waals surface area contributed by atoms with E-state index in [0.29, 0.717) is 23.7 Å². The first-order valence-corrected chi connectivity index (χ1v) is 14.0. The van der Waals surface area contributed by atoms with Gasteiger partial charge in [-0.25, -0.2) is 0 Å². The van der Waals surface area contributed by atoms with E-state index in [4.69, 9.17) is 5.26 Å². The number of nitriles is 1.